The topological polar surface area (TPSA) is 93.5 Å². The number of nitrogens with zero attached hydrogens (tertiary/aromatic N) is 3. The minimum Gasteiger partial charge on any atom is -0.361 e. The van der Waals surface area contributed by atoms with E-state index in [1.165, 1.54) is 12.4 Å². The van der Waals surface area contributed by atoms with Crippen molar-refractivity contribution in [1.29, 1.82) is 0 Å². The van der Waals surface area contributed by atoms with Gasteiger partial charge in [0.1, 0.15) is 24.4 Å². The van der Waals surface area contributed by atoms with Gasteiger partial charge in [-0.15, -0.1) is 0 Å². The van der Waals surface area contributed by atoms with Crippen molar-refractivity contribution in [3.63, 3.8) is 0 Å². The smallest absolute Gasteiger partial charge is 0.301 e. The number of hydrogen-bond donors (Lipinski definition) is 1. The molecule has 1 N–H and O–H groups in total. The van der Waals surface area contributed by atoms with E-state index in [9.17, 15) is 22.0 Å². The number of hydrogen-bond acceptors (Lipinski definition) is 5. The third-order valence-corrected chi connectivity index (χ3v) is 9.77. The molecule has 0 amide bonds. The first-order valence-corrected chi connectivity index (χ1v) is 17.9. The highest BCUT2D eigenvalue weighted by atomic mass is 79.9. The monoisotopic (exact) mass is 632 g/mol. The fourth-order valence-electron chi connectivity index (χ4n) is 4.05. The number of benzene rings is 1. The van der Waals surface area contributed by atoms with Crippen molar-refractivity contribution in [1.82, 2.24) is 13.9 Å². The molecule has 206 valence electrons. The van der Waals surface area contributed by atoms with Crippen LogP contribution in [0.25, 0.3) is 11.0 Å². The van der Waals surface area contributed by atoms with E-state index in [1.54, 1.807) is 10.6 Å². The second-order valence-corrected chi connectivity index (χ2v) is 18.6. The molecule has 0 radical (unpaired) electrons. The van der Waals surface area contributed by atoms with E-state index >= 15 is 4.39 Å². The molecule has 1 saturated heterocycles. The summed E-state index contributed by atoms with van der Waals surface area (Å²) in [6.45, 7) is 6.81. The summed E-state index contributed by atoms with van der Waals surface area (Å²) in [6.07, 6.45) is 1.65. The van der Waals surface area contributed by atoms with Gasteiger partial charge in [-0.2, -0.15) is 12.7 Å². The molecular formula is C24H28BrF3N4O4SSi. The lowest BCUT2D eigenvalue weighted by Crippen LogP contribution is -2.34. The third kappa shape index (κ3) is 6.30. The number of aromatic nitrogens is 2. The van der Waals surface area contributed by atoms with E-state index in [0.29, 0.717) is 22.1 Å². The van der Waals surface area contributed by atoms with Crippen LogP contribution in [0.5, 0.6) is 0 Å². The zero-order valence-electron chi connectivity index (χ0n) is 21.1. The number of ether oxygens (including phenoxy) is 1. The van der Waals surface area contributed by atoms with Gasteiger partial charge >= 0.3 is 10.2 Å². The first-order valence-electron chi connectivity index (χ1n) is 11.9. The first-order chi connectivity index (χ1) is 17.8. The minimum absolute atomic E-state index is 0.0199. The molecule has 3 aromatic rings. The maximum atomic E-state index is 15.5. The quantitative estimate of drug-likeness (QED) is 0.185. The van der Waals surface area contributed by atoms with Crippen molar-refractivity contribution in [2.45, 2.75) is 45.0 Å². The zero-order valence-corrected chi connectivity index (χ0v) is 24.5. The molecule has 0 spiro atoms. The lowest BCUT2D eigenvalue weighted by atomic mass is 10.0. The van der Waals surface area contributed by atoms with Gasteiger partial charge in [-0.25, -0.2) is 18.2 Å². The Balaban J connectivity index is 1.67. The van der Waals surface area contributed by atoms with Gasteiger partial charge in [0.15, 0.2) is 5.82 Å². The summed E-state index contributed by atoms with van der Waals surface area (Å²) in [5, 5.41) is 0.342. The minimum atomic E-state index is -4.31. The molecule has 1 atom stereocenters. The van der Waals surface area contributed by atoms with Crippen LogP contribution in [0.1, 0.15) is 22.3 Å². The van der Waals surface area contributed by atoms with Crippen molar-refractivity contribution in [2.75, 3.05) is 24.4 Å². The highest BCUT2D eigenvalue weighted by molar-refractivity contribution is 9.10. The Morgan fingerprint density at radius 3 is 2.68 bits per heavy atom. The molecule has 0 saturated carbocycles. The standard InChI is InChI=1S/C24H28BrF3N4O4SSi/c1-38(2,3)9-8-36-14-31-13-18(17-10-15(25)11-29-24(17)31)23(33)21-19(27)4-5-20(22(21)28)30-37(34,35)32-7-6-16(26)12-32/h4-5,10-11,13,16,30H,6-9,12,14H2,1-3H3. The maximum Gasteiger partial charge on any atom is 0.301 e. The molecule has 1 aliphatic rings. The average molecular weight is 634 g/mol. The van der Waals surface area contributed by atoms with Crippen LogP contribution in [0.4, 0.5) is 18.9 Å². The second-order valence-electron chi connectivity index (χ2n) is 10.3. The van der Waals surface area contributed by atoms with E-state index in [2.05, 4.69) is 40.6 Å². The van der Waals surface area contributed by atoms with Gasteiger partial charge in [-0.1, -0.05) is 19.6 Å². The summed E-state index contributed by atoms with van der Waals surface area (Å²) in [6, 6.07) is 4.23. The molecule has 1 aromatic carbocycles. The van der Waals surface area contributed by atoms with Crippen LogP contribution < -0.4 is 4.72 Å². The van der Waals surface area contributed by atoms with Crippen molar-refractivity contribution in [3.05, 3.63) is 57.8 Å². The number of halogens is 4. The van der Waals surface area contributed by atoms with Gasteiger partial charge in [0, 0.05) is 50.0 Å². The Hall–Kier alpha value is -2.26. The Bertz CT molecular complexity index is 1480. The summed E-state index contributed by atoms with van der Waals surface area (Å²) in [5.74, 6) is -3.52. The third-order valence-electron chi connectivity index (χ3n) is 6.14. The molecule has 4 rings (SSSR count). The SMILES string of the molecule is C[Si](C)(C)CCOCn1cc(C(=O)c2c(F)ccc(NS(=O)(=O)N3CCC(F)C3)c2F)c2cc(Br)cnc21. The molecule has 1 aliphatic heterocycles. The highest BCUT2D eigenvalue weighted by Crippen LogP contribution is 2.30. The van der Waals surface area contributed by atoms with Crippen LogP contribution in [-0.2, 0) is 21.7 Å². The van der Waals surface area contributed by atoms with E-state index in [0.717, 1.165) is 22.5 Å². The van der Waals surface area contributed by atoms with Gasteiger partial charge in [-0.05, 0) is 46.6 Å². The fraction of sp³-hybridized carbons (Fsp3) is 0.417. The summed E-state index contributed by atoms with van der Waals surface area (Å²) < 4.78 is 79.8. The van der Waals surface area contributed by atoms with E-state index in [1.807, 2.05) is 4.72 Å². The van der Waals surface area contributed by atoms with Gasteiger partial charge in [0.05, 0.1) is 16.8 Å². The lowest BCUT2D eigenvalue weighted by molar-refractivity contribution is 0.0896. The second kappa shape index (κ2) is 11.1. The number of carbonyl (C=O) groups excluding carboxylic acids is 1. The number of anilines is 1. The lowest BCUT2D eigenvalue weighted by Gasteiger charge is -2.18. The average Bonchev–Trinajstić information content (AvgIpc) is 3.42. The Kier molecular flexibility index (Phi) is 8.38. The molecule has 14 heteroatoms. The van der Waals surface area contributed by atoms with Crippen molar-refractivity contribution < 1.29 is 31.1 Å². The fourth-order valence-corrected chi connectivity index (χ4v) is 6.41. The van der Waals surface area contributed by atoms with Crippen molar-refractivity contribution in [2.24, 2.45) is 0 Å². The van der Waals surface area contributed by atoms with Gasteiger partial charge in [0.2, 0.25) is 5.78 Å². The van der Waals surface area contributed by atoms with Crippen LogP contribution in [0.3, 0.4) is 0 Å². The maximum absolute atomic E-state index is 15.5. The number of ketones is 1. The van der Waals surface area contributed by atoms with Gasteiger partial charge in [0.25, 0.3) is 0 Å². The molecular weight excluding hydrogens is 605 g/mol. The highest BCUT2D eigenvalue weighted by Gasteiger charge is 2.33. The van der Waals surface area contributed by atoms with E-state index < -0.39 is 53.1 Å². The number of pyridine rings is 1. The van der Waals surface area contributed by atoms with Crippen LogP contribution in [0.15, 0.2) is 35.1 Å². The predicted molar refractivity (Wildman–Crippen MR) is 145 cm³/mol. The molecule has 1 fully saturated rings. The van der Waals surface area contributed by atoms with E-state index in [4.69, 9.17) is 4.74 Å². The number of alkyl halides is 1. The summed E-state index contributed by atoms with van der Waals surface area (Å²) in [7, 11) is -5.64. The zero-order chi connectivity index (χ0) is 27.8. The van der Waals surface area contributed by atoms with Gasteiger partial charge < -0.3 is 9.30 Å². The van der Waals surface area contributed by atoms with Crippen LogP contribution >= 0.6 is 15.9 Å². The number of nitrogens with one attached hydrogen (secondary N) is 1. The molecule has 0 bridgehead atoms. The van der Waals surface area contributed by atoms with Crippen LogP contribution in [0, 0.1) is 11.6 Å². The molecule has 2 aromatic heterocycles. The first kappa shape index (κ1) is 28.7. The van der Waals surface area contributed by atoms with Gasteiger partial charge in [-0.3, -0.25) is 9.52 Å². The Morgan fingerprint density at radius 2 is 2.03 bits per heavy atom. The Morgan fingerprint density at radius 1 is 1.29 bits per heavy atom. The number of carbonyl (C=O) groups is 1. The summed E-state index contributed by atoms with van der Waals surface area (Å²) >= 11 is 3.31. The molecule has 8 nitrogen and oxygen atoms in total. The van der Waals surface area contributed by atoms with E-state index in [-0.39, 0.29) is 31.8 Å². The summed E-state index contributed by atoms with van der Waals surface area (Å²) in [5.41, 5.74) is -1.18. The molecule has 38 heavy (non-hydrogen) atoms. The summed E-state index contributed by atoms with van der Waals surface area (Å²) in [4.78, 5) is 17.8. The van der Waals surface area contributed by atoms with Crippen LogP contribution in [-0.4, -0.2) is 62.0 Å². The van der Waals surface area contributed by atoms with Crippen molar-refractivity contribution in [3.8, 4) is 0 Å². The molecule has 1 unspecified atom stereocenters. The van der Waals surface area contributed by atoms with Crippen LogP contribution in [0.2, 0.25) is 25.7 Å². The normalized spacial score (nSPS) is 16.9. The largest absolute Gasteiger partial charge is 0.361 e. The molecule has 3 heterocycles. The number of rotatable bonds is 10. The number of fused-ring (bicyclic) bond motifs is 1. The predicted octanol–water partition coefficient (Wildman–Crippen LogP) is 5.32. The van der Waals surface area contributed by atoms with Crippen molar-refractivity contribution >= 4 is 56.7 Å². The molecule has 0 aliphatic carbocycles. The Labute approximate surface area is 228 Å².